The standard InChI is InChI=1S/C33H28ClN5O3/c1-3-41-31-16-28-26(15-29(31)39-20(2)24-9-4-5-10-25(24)33(39)40)32(21(17-35)18-37-28)38-22-11-12-30(27(34)14-22)42-19-23-8-6-7-13-36-23/h4-16,18H,2-3,17,19,35H2,1H3,(H,37,38). The molecule has 1 amide bonds. The summed E-state index contributed by atoms with van der Waals surface area (Å²) in [7, 11) is 0. The first kappa shape index (κ1) is 27.3. The van der Waals surface area contributed by atoms with Crippen molar-refractivity contribution in [2.75, 3.05) is 16.8 Å². The van der Waals surface area contributed by atoms with Crippen LogP contribution in [0.3, 0.4) is 0 Å². The number of nitrogens with two attached hydrogens (primary N) is 1. The highest BCUT2D eigenvalue weighted by Crippen LogP contribution is 2.44. The van der Waals surface area contributed by atoms with Gasteiger partial charge in [-0.25, -0.2) is 0 Å². The first-order valence-electron chi connectivity index (χ1n) is 13.5. The van der Waals surface area contributed by atoms with Gasteiger partial charge in [-0.15, -0.1) is 0 Å². The Morgan fingerprint density at radius 1 is 0.976 bits per heavy atom. The van der Waals surface area contributed by atoms with Crippen LogP contribution < -0.4 is 25.4 Å². The zero-order chi connectivity index (χ0) is 29.2. The molecule has 6 rings (SSSR count). The molecule has 0 atom stereocenters. The van der Waals surface area contributed by atoms with Gasteiger partial charge in [-0.1, -0.05) is 42.4 Å². The van der Waals surface area contributed by atoms with Crippen molar-refractivity contribution in [3.63, 3.8) is 0 Å². The van der Waals surface area contributed by atoms with E-state index in [-0.39, 0.29) is 12.5 Å². The summed E-state index contributed by atoms with van der Waals surface area (Å²) < 4.78 is 11.9. The SMILES string of the molecule is C=C1c2ccccc2C(=O)N1c1cc2c(Nc3ccc(OCc4ccccn4)c(Cl)c3)c(CN)cnc2cc1OCC. The van der Waals surface area contributed by atoms with E-state index < -0.39 is 0 Å². The highest BCUT2D eigenvalue weighted by molar-refractivity contribution is 6.32. The number of hydrogen-bond acceptors (Lipinski definition) is 7. The molecule has 2 aromatic heterocycles. The molecule has 5 aromatic rings. The molecule has 0 saturated carbocycles. The minimum atomic E-state index is -0.165. The number of fused-ring (bicyclic) bond motifs is 2. The van der Waals surface area contributed by atoms with E-state index in [0.29, 0.717) is 52.2 Å². The van der Waals surface area contributed by atoms with Crippen molar-refractivity contribution in [1.29, 1.82) is 0 Å². The maximum atomic E-state index is 13.5. The lowest BCUT2D eigenvalue weighted by atomic mass is 10.1. The number of nitrogens with zero attached hydrogens (tertiary/aromatic N) is 3. The molecule has 0 fully saturated rings. The van der Waals surface area contributed by atoms with Crippen LogP contribution in [-0.4, -0.2) is 22.5 Å². The summed E-state index contributed by atoms with van der Waals surface area (Å²) in [4.78, 5) is 24.1. The summed E-state index contributed by atoms with van der Waals surface area (Å²) in [5.74, 6) is 0.908. The molecule has 0 bridgehead atoms. The normalized spacial score (nSPS) is 12.5. The van der Waals surface area contributed by atoms with Gasteiger partial charge >= 0.3 is 0 Å². The van der Waals surface area contributed by atoms with Crippen molar-refractivity contribution in [2.45, 2.75) is 20.1 Å². The molecule has 8 nitrogen and oxygen atoms in total. The van der Waals surface area contributed by atoms with Crippen LogP contribution >= 0.6 is 11.6 Å². The van der Waals surface area contributed by atoms with Gasteiger partial charge in [0.2, 0.25) is 0 Å². The number of pyridine rings is 2. The average Bonchev–Trinajstić information content (AvgIpc) is 3.26. The molecule has 0 radical (unpaired) electrons. The first-order chi connectivity index (χ1) is 20.5. The van der Waals surface area contributed by atoms with Gasteiger partial charge in [0.25, 0.3) is 5.91 Å². The predicted molar refractivity (Wildman–Crippen MR) is 166 cm³/mol. The van der Waals surface area contributed by atoms with Crippen molar-refractivity contribution >= 4 is 51.2 Å². The molecule has 9 heteroatoms. The second-order valence-electron chi connectivity index (χ2n) is 9.65. The van der Waals surface area contributed by atoms with Gasteiger partial charge in [-0.2, -0.15) is 0 Å². The molecular weight excluding hydrogens is 550 g/mol. The van der Waals surface area contributed by atoms with E-state index in [1.807, 2.05) is 67.6 Å². The Bertz CT molecular complexity index is 1790. The number of hydrogen-bond donors (Lipinski definition) is 2. The summed E-state index contributed by atoms with van der Waals surface area (Å²) in [6.07, 6.45) is 3.46. The monoisotopic (exact) mass is 577 g/mol. The van der Waals surface area contributed by atoms with E-state index in [2.05, 4.69) is 21.9 Å². The van der Waals surface area contributed by atoms with Crippen LogP contribution in [0, 0.1) is 0 Å². The van der Waals surface area contributed by atoms with Crippen LogP contribution in [-0.2, 0) is 13.2 Å². The Hall–Kier alpha value is -4.92. The molecule has 0 unspecified atom stereocenters. The quantitative estimate of drug-likeness (QED) is 0.193. The third-order valence-electron chi connectivity index (χ3n) is 7.03. The van der Waals surface area contributed by atoms with Crippen LogP contribution in [0.15, 0.2) is 91.8 Å². The van der Waals surface area contributed by atoms with E-state index in [9.17, 15) is 4.79 Å². The highest BCUT2D eigenvalue weighted by atomic mass is 35.5. The Morgan fingerprint density at radius 2 is 1.79 bits per heavy atom. The molecule has 3 aromatic carbocycles. The lowest BCUT2D eigenvalue weighted by Crippen LogP contribution is -2.22. The van der Waals surface area contributed by atoms with E-state index in [4.69, 9.17) is 26.8 Å². The maximum absolute atomic E-state index is 13.5. The number of ether oxygens (including phenoxy) is 2. The summed E-state index contributed by atoms with van der Waals surface area (Å²) in [6, 6.07) is 22.3. The summed E-state index contributed by atoms with van der Waals surface area (Å²) >= 11 is 6.60. The third kappa shape index (κ3) is 5.02. The number of benzene rings is 3. The highest BCUT2D eigenvalue weighted by Gasteiger charge is 2.34. The molecule has 3 N–H and O–H groups in total. The second kappa shape index (κ2) is 11.5. The molecule has 1 aliphatic rings. The van der Waals surface area contributed by atoms with Gasteiger partial charge in [0, 0.05) is 52.8 Å². The fraction of sp³-hybridized carbons (Fsp3) is 0.121. The number of halogens is 1. The molecule has 42 heavy (non-hydrogen) atoms. The zero-order valence-corrected chi connectivity index (χ0v) is 23.7. The number of anilines is 3. The molecule has 0 spiro atoms. The van der Waals surface area contributed by atoms with Gasteiger partial charge in [0.1, 0.15) is 18.1 Å². The van der Waals surface area contributed by atoms with Crippen molar-refractivity contribution in [1.82, 2.24) is 9.97 Å². The van der Waals surface area contributed by atoms with Gasteiger partial charge in [0.05, 0.1) is 39.9 Å². The minimum Gasteiger partial charge on any atom is -0.492 e. The number of amides is 1. The van der Waals surface area contributed by atoms with Crippen LogP contribution in [0.2, 0.25) is 5.02 Å². The van der Waals surface area contributed by atoms with Gasteiger partial charge in [-0.3, -0.25) is 19.7 Å². The first-order valence-corrected chi connectivity index (χ1v) is 13.9. The van der Waals surface area contributed by atoms with Crippen molar-refractivity contribution in [3.05, 3.63) is 119 Å². The van der Waals surface area contributed by atoms with Crippen LogP contribution in [0.1, 0.15) is 34.1 Å². The van der Waals surface area contributed by atoms with E-state index in [0.717, 1.165) is 33.6 Å². The van der Waals surface area contributed by atoms with Crippen molar-refractivity contribution in [3.8, 4) is 11.5 Å². The largest absolute Gasteiger partial charge is 0.492 e. The Morgan fingerprint density at radius 3 is 2.50 bits per heavy atom. The minimum absolute atomic E-state index is 0.165. The summed E-state index contributed by atoms with van der Waals surface area (Å²) in [5, 5.41) is 4.69. The molecule has 0 saturated heterocycles. The number of carbonyl (C=O) groups is 1. The van der Waals surface area contributed by atoms with Crippen LogP contribution in [0.25, 0.3) is 16.6 Å². The number of aromatic nitrogens is 2. The summed E-state index contributed by atoms with van der Waals surface area (Å²) in [5.41, 5.74) is 12.4. The van der Waals surface area contributed by atoms with Gasteiger partial charge < -0.3 is 20.5 Å². The van der Waals surface area contributed by atoms with Gasteiger partial charge in [0.15, 0.2) is 0 Å². The van der Waals surface area contributed by atoms with Crippen LogP contribution in [0.4, 0.5) is 17.1 Å². The Labute approximate surface area is 248 Å². The zero-order valence-electron chi connectivity index (χ0n) is 22.9. The molecular formula is C33H28ClN5O3. The molecule has 3 heterocycles. The Balaban J connectivity index is 1.38. The lowest BCUT2D eigenvalue weighted by molar-refractivity contribution is 0.100. The summed E-state index contributed by atoms with van der Waals surface area (Å²) in [6.45, 7) is 7.09. The van der Waals surface area contributed by atoms with Gasteiger partial charge in [-0.05, 0) is 49.4 Å². The molecule has 1 aliphatic heterocycles. The molecule has 210 valence electrons. The van der Waals surface area contributed by atoms with Crippen LogP contribution in [0.5, 0.6) is 11.5 Å². The average molecular weight is 578 g/mol. The maximum Gasteiger partial charge on any atom is 0.263 e. The lowest BCUT2D eigenvalue weighted by Gasteiger charge is -2.23. The third-order valence-corrected chi connectivity index (χ3v) is 7.33. The smallest absolute Gasteiger partial charge is 0.263 e. The van der Waals surface area contributed by atoms with Crippen molar-refractivity contribution in [2.24, 2.45) is 5.73 Å². The number of rotatable bonds is 9. The molecule has 0 aliphatic carbocycles. The second-order valence-corrected chi connectivity index (χ2v) is 10.1. The Kier molecular flexibility index (Phi) is 7.48. The predicted octanol–water partition coefficient (Wildman–Crippen LogP) is 7.09. The topological polar surface area (TPSA) is 103 Å². The van der Waals surface area contributed by atoms with E-state index in [1.165, 1.54) is 0 Å². The number of nitrogens with one attached hydrogen (secondary N) is 1. The van der Waals surface area contributed by atoms with E-state index in [1.54, 1.807) is 29.4 Å². The van der Waals surface area contributed by atoms with Crippen molar-refractivity contribution < 1.29 is 14.3 Å². The fourth-order valence-corrected chi connectivity index (χ4v) is 5.25. The fourth-order valence-electron chi connectivity index (χ4n) is 5.01. The van der Waals surface area contributed by atoms with E-state index >= 15 is 0 Å². The number of carbonyl (C=O) groups excluding carboxylic acids is 1.